The molecule has 21 heavy (non-hydrogen) atoms. The Labute approximate surface area is 125 Å². The number of aliphatic hydroxyl groups is 1. The third-order valence-corrected chi connectivity index (χ3v) is 3.62. The lowest BCUT2D eigenvalue weighted by molar-refractivity contribution is 0.0357. The first-order valence-electron chi connectivity index (χ1n) is 7.38. The van der Waals surface area contributed by atoms with E-state index >= 15 is 0 Å². The topological polar surface area (TPSA) is 59.0 Å². The van der Waals surface area contributed by atoms with E-state index in [-0.39, 0.29) is 12.4 Å². The van der Waals surface area contributed by atoms with E-state index in [0.717, 1.165) is 39.3 Å². The van der Waals surface area contributed by atoms with Crippen LogP contribution in [-0.4, -0.2) is 55.2 Å². The number of carbonyl (C=O) groups excluding carboxylic acids is 1. The van der Waals surface area contributed by atoms with E-state index in [1.54, 1.807) is 18.2 Å². The molecule has 0 radical (unpaired) electrons. The predicted octanol–water partition coefficient (Wildman–Crippen LogP) is 1.48. The first-order valence-corrected chi connectivity index (χ1v) is 7.38. The molecule has 0 aromatic heterocycles. The average molecular weight is 293 g/mol. The van der Waals surface area contributed by atoms with Gasteiger partial charge in [-0.05, 0) is 31.5 Å². The number of Topliss-reactive ketones (excluding diaryl/α,β-unsaturated/α-hetero) is 1. The van der Waals surface area contributed by atoms with E-state index < -0.39 is 0 Å². The molecule has 5 heteroatoms. The van der Waals surface area contributed by atoms with E-state index in [1.165, 1.54) is 6.92 Å². The molecule has 1 aromatic carbocycles. The molecule has 1 saturated heterocycles. The highest BCUT2D eigenvalue weighted by Crippen LogP contribution is 2.21. The molecule has 0 spiro atoms. The van der Waals surface area contributed by atoms with Gasteiger partial charge in [0, 0.05) is 30.8 Å². The van der Waals surface area contributed by atoms with Crippen LogP contribution in [0.1, 0.15) is 29.3 Å². The van der Waals surface area contributed by atoms with Crippen molar-refractivity contribution in [3.63, 3.8) is 0 Å². The molecule has 0 saturated carbocycles. The largest absolute Gasteiger partial charge is 0.493 e. The lowest BCUT2D eigenvalue weighted by Gasteiger charge is -2.26. The average Bonchev–Trinajstić information content (AvgIpc) is 2.52. The number of ketones is 1. The van der Waals surface area contributed by atoms with Crippen molar-refractivity contribution in [1.82, 2.24) is 4.90 Å². The van der Waals surface area contributed by atoms with E-state index in [2.05, 4.69) is 4.90 Å². The van der Waals surface area contributed by atoms with Gasteiger partial charge in [0.05, 0.1) is 26.4 Å². The van der Waals surface area contributed by atoms with Gasteiger partial charge in [0.1, 0.15) is 5.75 Å². The maximum atomic E-state index is 11.3. The van der Waals surface area contributed by atoms with Crippen LogP contribution in [0.2, 0.25) is 0 Å². The molecular formula is C16H23NO4. The molecule has 116 valence electrons. The van der Waals surface area contributed by atoms with E-state index in [4.69, 9.17) is 9.47 Å². The van der Waals surface area contributed by atoms with Crippen molar-refractivity contribution in [3.05, 3.63) is 29.3 Å². The summed E-state index contributed by atoms with van der Waals surface area (Å²) in [6.07, 6.45) is 0.930. The number of aliphatic hydroxyl groups excluding tert-OH is 1. The standard InChI is InChI=1S/C16H23NO4/c1-13(19)14-3-4-16(15(11-14)12-18)21-8-2-5-17-6-9-20-10-7-17/h3-4,11,18H,2,5-10,12H2,1H3. The minimum atomic E-state index is -0.125. The Morgan fingerprint density at radius 1 is 1.38 bits per heavy atom. The first-order chi connectivity index (χ1) is 10.2. The zero-order valence-electron chi connectivity index (χ0n) is 12.5. The molecule has 2 rings (SSSR count). The van der Waals surface area contributed by atoms with Gasteiger partial charge in [0.15, 0.2) is 5.78 Å². The second kappa shape index (κ2) is 8.12. The third kappa shape index (κ3) is 4.81. The summed E-state index contributed by atoms with van der Waals surface area (Å²) in [7, 11) is 0. The van der Waals surface area contributed by atoms with Gasteiger partial charge >= 0.3 is 0 Å². The summed E-state index contributed by atoms with van der Waals surface area (Å²) in [5.74, 6) is 0.646. The molecule has 1 aromatic rings. The summed E-state index contributed by atoms with van der Waals surface area (Å²) in [5, 5.41) is 9.37. The van der Waals surface area contributed by atoms with Crippen molar-refractivity contribution >= 4 is 5.78 Å². The number of rotatable bonds is 7. The van der Waals surface area contributed by atoms with Gasteiger partial charge in [-0.2, -0.15) is 0 Å². The quantitative estimate of drug-likeness (QED) is 0.609. The molecule has 5 nitrogen and oxygen atoms in total. The SMILES string of the molecule is CC(=O)c1ccc(OCCCN2CCOCC2)c(CO)c1. The summed E-state index contributed by atoms with van der Waals surface area (Å²) in [5.41, 5.74) is 1.26. The Bertz CT molecular complexity index is 469. The van der Waals surface area contributed by atoms with Gasteiger partial charge in [0.2, 0.25) is 0 Å². The second-order valence-corrected chi connectivity index (χ2v) is 5.19. The van der Waals surface area contributed by atoms with Crippen LogP contribution in [0.15, 0.2) is 18.2 Å². The zero-order valence-corrected chi connectivity index (χ0v) is 12.5. The van der Waals surface area contributed by atoms with Crippen molar-refractivity contribution in [2.75, 3.05) is 39.5 Å². The molecule has 1 heterocycles. The molecule has 1 aliphatic heterocycles. The maximum Gasteiger partial charge on any atom is 0.159 e. The molecule has 0 atom stereocenters. The highest BCUT2D eigenvalue weighted by Gasteiger charge is 2.10. The fourth-order valence-electron chi connectivity index (χ4n) is 2.36. The fourth-order valence-corrected chi connectivity index (χ4v) is 2.36. The minimum absolute atomic E-state index is 0.0106. The van der Waals surface area contributed by atoms with Crippen LogP contribution in [0, 0.1) is 0 Å². The van der Waals surface area contributed by atoms with Crippen molar-refractivity contribution in [1.29, 1.82) is 0 Å². The summed E-state index contributed by atoms with van der Waals surface area (Å²) >= 11 is 0. The molecule has 0 amide bonds. The number of nitrogens with zero attached hydrogens (tertiary/aromatic N) is 1. The number of carbonyl (C=O) groups is 1. The first kappa shape index (κ1) is 15.9. The van der Waals surface area contributed by atoms with Crippen LogP contribution >= 0.6 is 0 Å². The summed E-state index contributed by atoms with van der Waals surface area (Å²) in [4.78, 5) is 13.7. The molecular weight excluding hydrogens is 270 g/mol. The van der Waals surface area contributed by atoms with Gasteiger partial charge < -0.3 is 14.6 Å². The van der Waals surface area contributed by atoms with Crippen LogP contribution < -0.4 is 4.74 Å². The zero-order chi connectivity index (χ0) is 15.1. The van der Waals surface area contributed by atoms with Gasteiger partial charge in [-0.1, -0.05) is 0 Å². The highest BCUT2D eigenvalue weighted by molar-refractivity contribution is 5.94. The number of benzene rings is 1. The van der Waals surface area contributed by atoms with Gasteiger partial charge in [-0.15, -0.1) is 0 Å². The van der Waals surface area contributed by atoms with Crippen LogP contribution in [0.4, 0.5) is 0 Å². The van der Waals surface area contributed by atoms with Crippen LogP contribution in [0.3, 0.4) is 0 Å². The monoisotopic (exact) mass is 293 g/mol. The molecule has 1 fully saturated rings. The summed E-state index contributed by atoms with van der Waals surface area (Å²) in [6.45, 7) is 6.56. The van der Waals surface area contributed by atoms with Gasteiger partial charge in [-0.25, -0.2) is 0 Å². The Balaban J connectivity index is 1.80. The Kier molecular flexibility index (Phi) is 6.17. The normalized spacial score (nSPS) is 15.9. The molecule has 0 unspecified atom stereocenters. The minimum Gasteiger partial charge on any atom is -0.493 e. The van der Waals surface area contributed by atoms with Crippen LogP contribution in [-0.2, 0) is 11.3 Å². The van der Waals surface area contributed by atoms with Crippen molar-refractivity contribution in [3.8, 4) is 5.75 Å². The summed E-state index contributed by atoms with van der Waals surface area (Å²) < 4.78 is 11.0. The molecule has 1 aliphatic rings. The van der Waals surface area contributed by atoms with E-state index in [1.807, 2.05) is 0 Å². The van der Waals surface area contributed by atoms with Crippen molar-refractivity contribution in [2.45, 2.75) is 20.0 Å². The van der Waals surface area contributed by atoms with E-state index in [9.17, 15) is 9.90 Å². The summed E-state index contributed by atoms with van der Waals surface area (Å²) in [6, 6.07) is 5.19. The number of hydrogen-bond donors (Lipinski definition) is 1. The molecule has 1 N–H and O–H groups in total. The Morgan fingerprint density at radius 2 is 2.14 bits per heavy atom. The van der Waals surface area contributed by atoms with Gasteiger partial charge in [0.25, 0.3) is 0 Å². The fraction of sp³-hybridized carbons (Fsp3) is 0.562. The van der Waals surface area contributed by atoms with Gasteiger partial charge in [-0.3, -0.25) is 9.69 Å². The molecule has 0 aliphatic carbocycles. The predicted molar refractivity (Wildman–Crippen MR) is 79.7 cm³/mol. The van der Waals surface area contributed by atoms with Crippen LogP contribution in [0.25, 0.3) is 0 Å². The second-order valence-electron chi connectivity index (χ2n) is 5.19. The van der Waals surface area contributed by atoms with Crippen molar-refractivity contribution < 1.29 is 19.4 Å². The van der Waals surface area contributed by atoms with Crippen LogP contribution in [0.5, 0.6) is 5.75 Å². The lowest BCUT2D eigenvalue weighted by atomic mass is 10.1. The van der Waals surface area contributed by atoms with E-state index in [0.29, 0.717) is 23.5 Å². The Hall–Kier alpha value is -1.43. The maximum absolute atomic E-state index is 11.3. The number of morpholine rings is 1. The highest BCUT2D eigenvalue weighted by atomic mass is 16.5. The lowest BCUT2D eigenvalue weighted by Crippen LogP contribution is -2.37. The Morgan fingerprint density at radius 3 is 2.81 bits per heavy atom. The smallest absolute Gasteiger partial charge is 0.159 e. The number of hydrogen-bond acceptors (Lipinski definition) is 5. The number of ether oxygens (including phenoxy) is 2. The third-order valence-electron chi connectivity index (χ3n) is 3.62. The van der Waals surface area contributed by atoms with Crippen molar-refractivity contribution in [2.24, 2.45) is 0 Å². The molecule has 0 bridgehead atoms.